The predicted molar refractivity (Wildman–Crippen MR) is 349 cm³/mol. The van der Waals surface area contributed by atoms with Crippen molar-refractivity contribution in [2.75, 3.05) is 9.80 Å². The molecule has 2 saturated heterocycles. The molecule has 440 valence electrons. The summed E-state index contributed by atoms with van der Waals surface area (Å²) in [4.78, 5) is 14.3. The molecule has 0 unspecified atom stereocenters. The molecule has 19 heteroatoms. The minimum Gasteiger partial charge on any atom is -0.507 e. The third-order valence-electron chi connectivity index (χ3n) is 15.7. The van der Waals surface area contributed by atoms with Crippen LogP contribution in [0.5, 0.6) is 11.5 Å². The van der Waals surface area contributed by atoms with Gasteiger partial charge in [-0.2, -0.15) is 6.07 Å². The van der Waals surface area contributed by atoms with E-state index < -0.39 is 64.0 Å². The molecule has 5 aromatic carbocycles. The van der Waals surface area contributed by atoms with Gasteiger partial charge in [0.25, 0.3) is 0 Å². The van der Waals surface area contributed by atoms with Gasteiger partial charge in [0.2, 0.25) is 0 Å². The first-order valence-corrected chi connectivity index (χ1v) is 29.5. The van der Waals surface area contributed by atoms with Crippen molar-refractivity contribution in [2.45, 2.75) is 164 Å². The molecular weight excluding hydrogens is 1230 g/mol. The summed E-state index contributed by atoms with van der Waals surface area (Å²) in [7, 11) is -4.18. The Balaban J connectivity index is 0.00000803. The monoisotopic (exact) mass is 1310 g/mol. The molecule has 0 N–H and O–H groups in total. The summed E-state index contributed by atoms with van der Waals surface area (Å²) >= 11 is 0. The molecule has 2 fully saturated rings. The van der Waals surface area contributed by atoms with Gasteiger partial charge < -0.3 is 51.5 Å². The number of ether oxygens (including phenoxy) is 1. The van der Waals surface area contributed by atoms with Crippen molar-refractivity contribution in [3.8, 4) is 28.4 Å². The van der Waals surface area contributed by atoms with Crippen molar-refractivity contribution >= 4 is 98.2 Å². The van der Waals surface area contributed by atoms with E-state index in [4.69, 9.17) is 42.1 Å². The van der Waals surface area contributed by atoms with Crippen LogP contribution in [0.2, 0.25) is 21.3 Å². The molecule has 11 rings (SSSR count). The van der Waals surface area contributed by atoms with Gasteiger partial charge in [0, 0.05) is 72.3 Å². The van der Waals surface area contributed by atoms with E-state index in [2.05, 4.69) is 249 Å². The minimum absolute atomic E-state index is 0. The molecule has 0 saturated carbocycles. The van der Waals surface area contributed by atoms with Crippen LogP contribution in [0.3, 0.4) is 0 Å². The fraction of sp³-hybridized carbons (Fsp3) is 0.379. The number of para-hydroxylation sites is 2. The normalized spacial score (nSPS) is 15.8. The summed E-state index contributed by atoms with van der Waals surface area (Å²) < 4.78 is 50.8. The molecule has 0 aliphatic carbocycles. The summed E-state index contributed by atoms with van der Waals surface area (Å²) in [6, 6.07) is 45.6. The van der Waals surface area contributed by atoms with Crippen molar-refractivity contribution in [3.05, 3.63) is 157 Å². The number of rotatable bonds is 8. The van der Waals surface area contributed by atoms with Gasteiger partial charge in [-0.3, -0.25) is 0 Å². The summed E-state index contributed by atoms with van der Waals surface area (Å²) in [6.45, 7) is 43.0. The molecule has 12 nitrogen and oxygen atoms in total. The number of anilines is 4. The van der Waals surface area contributed by atoms with E-state index in [1.807, 2.05) is 37.5 Å². The average Bonchev–Trinajstić information content (AvgIpc) is 2.69. The molecule has 0 bridgehead atoms. The number of fused-ring (bicyclic) bond motifs is 4. The van der Waals surface area contributed by atoms with Crippen LogP contribution in [-0.2, 0) is 59.3 Å². The summed E-state index contributed by atoms with van der Waals surface area (Å²) in [6.07, 6.45) is 3.74. The van der Waals surface area contributed by atoms with E-state index in [1.165, 1.54) is 5.56 Å². The first-order chi connectivity index (χ1) is 39.3. The molecule has 3 aliphatic rings. The number of pyridine rings is 2. The maximum Gasteiger partial charge on any atom is 0.468 e. The zero-order chi connectivity index (χ0) is 60.2. The van der Waals surface area contributed by atoms with E-state index in [0.717, 1.165) is 72.3 Å². The molecule has 0 atom stereocenters. The molecule has 85 heavy (non-hydrogen) atoms. The van der Waals surface area contributed by atoms with Gasteiger partial charge >= 0.3 is 42.7 Å². The van der Waals surface area contributed by atoms with E-state index in [0.29, 0.717) is 22.9 Å². The fourth-order valence-corrected chi connectivity index (χ4v) is 10.9. The Morgan fingerprint density at radius 1 is 0.506 bits per heavy atom. The zero-order valence-electron chi connectivity index (χ0n) is 53.0. The third-order valence-corrected chi connectivity index (χ3v) is 15.7. The van der Waals surface area contributed by atoms with E-state index in [1.54, 1.807) is 0 Å². The Kier molecular flexibility index (Phi) is 16.8. The second kappa shape index (κ2) is 22.9. The van der Waals surface area contributed by atoms with Gasteiger partial charge in [-0.25, -0.2) is 4.98 Å². The van der Waals surface area contributed by atoms with Crippen molar-refractivity contribution in [2.24, 2.45) is 0 Å². The minimum atomic E-state index is -0.876. The van der Waals surface area contributed by atoms with Gasteiger partial charge in [-0.1, -0.05) is 216 Å². The van der Waals surface area contributed by atoms with Gasteiger partial charge in [0.05, 0.1) is 0 Å². The molecule has 0 spiro atoms. The number of hydrogen-bond acceptors (Lipinski definition) is 11. The van der Waals surface area contributed by atoms with Crippen LogP contribution >= 0.6 is 0 Å². The average molecular weight is 1310 g/mol. The number of benzene rings is 5. The van der Waals surface area contributed by atoms with Crippen LogP contribution in [0.4, 0.5) is 22.7 Å². The first kappa shape index (κ1) is 62.5. The number of hydrogen-bond donors (Lipinski definition) is 0. The Morgan fingerprint density at radius 2 is 1.04 bits per heavy atom. The van der Waals surface area contributed by atoms with Crippen LogP contribution in [0.25, 0.3) is 38.8 Å². The summed E-state index contributed by atoms with van der Waals surface area (Å²) in [5.41, 5.74) is 11.4. The van der Waals surface area contributed by atoms with Crippen LogP contribution < -0.4 is 25.5 Å². The SMILES string of the molecule is Cc1ncc(N2[CH-]N(c3c(B4OB(C(C)(C)C)OB(C(C)(C)C)O4)cc(C(C)(C)C)cc3B3OB(C(C)(C)C)OB(C(C)(C)C)O3)c3ccccc32)[c-]c1Oc1[c-]c2c(cc1)c1cc(-c3ccccc3)ccc1n2-c1cc(C(C)(C)C)ccn1.[Pt]. The van der Waals surface area contributed by atoms with Gasteiger partial charge in [0.15, 0.2) is 0 Å². The maximum atomic E-state index is 7.08. The topological polar surface area (TPSA) is 102 Å². The first-order valence-electron chi connectivity index (χ1n) is 29.5. The molecule has 0 radical (unpaired) electrons. The Hall–Kier alpha value is -5.56. The van der Waals surface area contributed by atoms with Gasteiger partial charge in [0.1, 0.15) is 5.82 Å². The van der Waals surface area contributed by atoms with Crippen LogP contribution in [-0.4, -0.2) is 57.2 Å². The molecule has 8 aromatic rings. The maximum absolute atomic E-state index is 7.08. The third kappa shape index (κ3) is 12.6. The molecule has 0 amide bonds. The smallest absolute Gasteiger partial charge is 0.468 e. The molecule has 6 heterocycles. The standard InChI is InChI=1S/C66H78B6N5O7.Pt/c1-43-58(78-49-30-31-50-51-35-45(44-25-21-20-22-26-44)29-32-54(51)77(57(50)40-49)59-38-46(33-34-73-59)61(2,3)4)39-48(41-74-43)75-42-76(56-28-24-23-27-55(56)75)60-52(67-79-69(63(8,9)10)83-70(80-67)64(11,12)13)36-47(62(5,6)7)37-53(60)68-81-71(65(14,15)16)84-72(82-68)66(17,18)19;/h20-38,41-42H,1-19H3;/q-3;. The van der Waals surface area contributed by atoms with Crippen LogP contribution in [0, 0.1) is 25.7 Å². The zero-order valence-corrected chi connectivity index (χ0v) is 55.3. The van der Waals surface area contributed by atoms with Crippen LogP contribution in [0.1, 0.15) is 141 Å². The van der Waals surface area contributed by atoms with Crippen molar-refractivity contribution < 1.29 is 53.2 Å². The number of nitrogens with zero attached hydrogens (tertiary/aromatic N) is 5. The number of aryl methyl sites for hydroxylation is 1. The molecule has 3 aliphatic heterocycles. The summed E-state index contributed by atoms with van der Waals surface area (Å²) in [5.74, 6) is 1.77. The van der Waals surface area contributed by atoms with Crippen molar-refractivity contribution in [3.63, 3.8) is 0 Å². The Morgan fingerprint density at radius 3 is 1.56 bits per heavy atom. The summed E-state index contributed by atoms with van der Waals surface area (Å²) in [5, 5.41) is 0.524. The molecular formula is C66H78B6N5O7Pt-3. The van der Waals surface area contributed by atoms with Crippen molar-refractivity contribution in [1.82, 2.24) is 14.5 Å². The van der Waals surface area contributed by atoms with Gasteiger partial charge in [-0.15, -0.1) is 30.3 Å². The van der Waals surface area contributed by atoms with E-state index in [9.17, 15) is 0 Å². The fourth-order valence-electron chi connectivity index (χ4n) is 10.9. The Labute approximate surface area is 521 Å². The largest absolute Gasteiger partial charge is 0.507 e. The molecule has 3 aromatic heterocycles. The quantitative estimate of drug-likeness (QED) is 0.107. The second-order valence-electron chi connectivity index (χ2n) is 29.3. The van der Waals surface area contributed by atoms with E-state index >= 15 is 0 Å². The van der Waals surface area contributed by atoms with Crippen LogP contribution in [0.15, 0.2) is 122 Å². The van der Waals surface area contributed by atoms with Gasteiger partial charge in [-0.05, 0) is 95.8 Å². The number of aromatic nitrogens is 3. The Bertz CT molecular complexity index is 3660. The predicted octanol–water partition coefficient (Wildman–Crippen LogP) is 15.6. The second-order valence-corrected chi connectivity index (χ2v) is 29.3. The van der Waals surface area contributed by atoms with E-state index in [-0.39, 0.29) is 31.9 Å². The van der Waals surface area contributed by atoms with Crippen molar-refractivity contribution in [1.29, 1.82) is 0 Å².